The number of alkyl halides is 2. The lowest BCUT2D eigenvalue weighted by Gasteiger charge is -2.21. The van der Waals surface area contributed by atoms with E-state index < -0.39 is 0 Å². The molecule has 0 bridgehead atoms. The summed E-state index contributed by atoms with van der Waals surface area (Å²) in [5, 5.41) is 0.451. The highest BCUT2D eigenvalue weighted by atomic mass is 79.9. The van der Waals surface area contributed by atoms with Crippen LogP contribution in [0, 0.1) is 11.8 Å². The first kappa shape index (κ1) is 18.9. The van der Waals surface area contributed by atoms with Gasteiger partial charge in [-0.05, 0) is 18.3 Å². The molecule has 0 amide bonds. The van der Waals surface area contributed by atoms with Crippen LogP contribution in [0.2, 0.25) is 0 Å². The van der Waals surface area contributed by atoms with Gasteiger partial charge in [0.25, 0.3) is 0 Å². The predicted molar refractivity (Wildman–Crippen MR) is 81.7 cm³/mol. The van der Waals surface area contributed by atoms with Crippen molar-refractivity contribution in [3.05, 3.63) is 0 Å². The molecule has 0 radical (unpaired) electrons. The first-order chi connectivity index (χ1) is 9.07. The third-order valence-corrected chi connectivity index (χ3v) is 3.92. The normalized spacial score (nSPS) is 13.7. The number of esters is 2. The van der Waals surface area contributed by atoms with Crippen molar-refractivity contribution in [1.29, 1.82) is 0 Å². The Morgan fingerprint density at radius 3 is 1.53 bits per heavy atom. The van der Waals surface area contributed by atoms with E-state index in [2.05, 4.69) is 45.7 Å². The van der Waals surface area contributed by atoms with Gasteiger partial charge in [-0.1, -0.05) is 58.5 Å². The Kier molecular flexibility index (Phi) is 11.6. The Morgan fingerprint density at radius 1 is 0.895 bits per heavy atom. The minimum absolute atomic E-state index is 0.226. The van der Waals surface area contributed by atoms with Crippen molar-refractivity contribution in [3.63, 3.8) is 0 Å². The molecular formula is C13H22Br2O4. The van der Waals surface area contributed by atoms with Crippen molar-refractivity contribution in [3.8, 4) is 0 Å². The summed E-state index contributed by atoms with van der Waals surface area (Å²) >= 11 is 6.13. The van der Waals surface area contributed by atoms with Crippen molar-refractivity contribution in [2.75, 3.05) is 23.9 Å². The van der Waals surface area contributed by atoms with E-state index in [1.165, 1.54) is 0 Å². The molecule has 0 heterocycles. The van der Waals surface area contributed by atoms with Crippen LogP contribution in [0.15, 0.2) is 0 Å². The summed E-state index contributed by atoms with van der Waals surface area (Å²) in [5.41, 5.74) is 0. The van der Waals surface area contributed by atoms with Crippen molar-refractivity contribution in [2.45, 2.75) is 33.1 Å². The number of carbonyl (C=O) groups is 2. The Hall–Kier alpha value is -0.100. The van der Waals surface area contributed by atoms with E-state index in [-0.39, 0.29) is 22.6 Å². The van der Waals surface area contributed by atoms with Crippen LogP contribution in [0.25, 0.3) is 0 Å². The van der Waals surface area contributed by atoms with E-state index in [1.54, 1.807) is 0 Å². The molecule has 0 fully saturated rings. The molecule has 0 aliphatic rings. The second-order valence-corrected chi connectivity index (χ2v) is 5.54. The Balaban J connectivity index is 4.08. The largest absolute Gasteiger partial charge is 0.465 e. The highest BCUT2D eigenvalue weighted by Crippen LogP contribution is 2.19. The second-order valence-electron chi connectivity index (χ2n) is 4.42. The van der Waals surface area contributed by atoms with E-state index in [1.807, 2.05) is 0 Å². The first-order valence-electron chi connectivity index (χ1n) is 6.50. The van der Waals surface area contributed by atoms with Crippen LogP contribution in [0.4, 0.5) is 0 Å². The van der Waals surface area contributed by atoms with Crippen LogP contribution in [-0.4, -0.2) is 35.8 Å². The smallest absolute Gasteiger partial charge is 0.316 e. The van der Waals surface area contributed by atoms with Gasteiger partial charge in [0.2, 0.25) is 0 Å². The van der Waals surface area contributed by atoms with E-state index >= 15 is 0 Å². The molecule has 2 unspecified atom stereocenters. The maximum absolute atomic E-state index is 11.1. The van der Waals surface area contributed by atoms with Crippen LogP contribution < -0.4 is 0 Å². The van der Waals surface area contributed by atoms with Crippen molar-refractivity contribution < 1.29 is 19.1 Å². The molecule has 0 aromatic rings. The van der Waals surface area contributed by atoms with Crippen molar-refractivity contribution >= 4 is 43.8 Å². The maximum atomic E-state index is 11.1. The summed E-state index contributed by atoms with van der Waals surface area (Å²) in [4.78, 5) is 22.2. The van der Waals surface area contributed by atoms with Gasteiger partial charge >= 0.3 is 11.9 Å². The fraction of sp³-hybridized carbons (Fsp3) is 0.846. The molecule has 0 aliphatic carbocycles. The number of ether oxygens (including phenoxy) is 2. The molecule has 0 aliphatic heterocycles. The molecule has 0 spiro atoms. The molecule has 0 aromatic carbocycles. The van der Waals surface area contributed by atoms with E-state index in [4.69, 9.17) is 9.47 Å². The second kappa shape index (κ2) is 11.7. The number of hydrogen-bond acceptors (Lipinski definition) is 4. The van der Waals surface area contributed by atoms with Crippen LogP contribution in [0.1, 0.15) is 33.1 Å². The summed E-state index contributed by atoms with van der Waals surface area (Å²) < 4.78 is 10.3. The van der Waals surface area contributed by atoms with Gasteiger partial charge in [-0.3, -0.25) is 9.59 Å². The number of carbonyl (C=O) groups excluding carboxylic acids is 2. The molecule has 6 heteroatoms. The summed E-state index contributed by atoms with van der Waals surface area (Å²) in [7, 11) is 0. The highest BCUT2D eigenvalue weighted by Gasteiger charge is 2.17. The first-order valence-corrected chi connectivity index (χ1v) is 8.74. The van der Waals surface area contributed by atoms with Crippen LogP contribution in [-0.2, 0) is 19.1 Å². The van der Waals surface area contributed by atoms with Gasteiger partial charge in [-0.2, -0.15) is 0 Å². The van der Waals surface area contributed by atoms with Crippen LogP contribution in [0.3, 0.4) is 0 Å². The zero-order valence-corrected chi connectivity index (χ0v) is 14.7. The van der Waals surface area contributed by atoms with E-state index in [9.17, 15) is 9.59 Å². The quantitative estimate of drug-likeness (QED) is 0.416. The number of halogens is 2. The lowest BCUT2D eigenvalue weighted by molar-refractivity contribution is -0.142. The zero-order chi connectivity index (χ0) is 14.7. The van der Waals surface area contributed by atoms with Gasteiger partial charge in [-0.25, -0.2) is 0 Å². The molecule has 2 atom stereocenters. The topological polar surface area (TPSA) is 52.6 Å². The standard InChI is InChI=1S/C13H22Br2O4/c1-3-10(8-18-12(16)6-14)5-11(4-2)9-19-13(17)7-15/h10-11H,3-9H2,1-2H3. The third kappa shape index (κ3) is 9.44. The molecule has 4 nitrogen and oxygen atoms in total. The van der Waals surface area contributed by atoms with Gasteiger partial charge < -0.3 is 9.47 Å². The lowest BCUT2D eigenvalue weighted by atomic mass is 9.92. The fourth-order valence-corrected chi connectivity index (χ4v) is 2.00. The van der Waals surface area contributed by atoms with Crippen LogP contribution in [0.5, 0.6) is 0 Å². The predicted octanol–water partition coefficient (Wildman–Crippen LogP) is 3.31. The Morgan fingerprint density at radius 2 is 1.26 bits per heavy atom. The summed E-state index contributed by atoms with van der Waals surface area (Å²) in [6, 6.07) is 0. The average Bonchev–Trinajstić information content (AvgIpc) is 2.45. The van der Waals surface area contributed by atoms with Gasteiger partial charge in [0.05, 0.1) is 13.2 Å². The monoisotopic (exact) mass is 400 g/mol. The third-order valence-electron chi connectivity index (χ3n) is 3.00. The average molecular weight is 402 g/mol. The Bertz CT molecular complexity index is 245. The van der Waals surface area contributed by atoms with Gasteiger partial charge in [0.1, 0.15) is 10.7 Å². The lowest BCUT2D eigenvalue weighted by Crippen LogP contribution is -2.21. The molecule has 112 valence electrons. The molecular weight excluding hydrogens is 380 g/mol. The fourth-order valence-electron chi connectivity index (χ4n) is 1.68. The summed E-state index contributed by atoms with van der Waals surface area (Å²) in [5.74, 6) is 0.153. The molecule has 0 saturated carbocycles. The number of rotatable bonds is 10. The summed E-state index contributed by atoms with van der Waals surface area (Å²) in [6.07, 6.45) is 2.79. The van der Waals surface area contributed by atoms with Gasteiger partial charge in [0.15, 0.2) is 0 Å². The van der Waals surface area contributed by atoms with Crippen LogP contribution >= 0.6 is 31.9 Å². The molecule has 0 aromatic heterocycles. The zero-order valence-electron chi connectivity index (χ0n) is 11.5. The molecule has 0 saturated heterocycles. The minimum atomic E-state index is -0.239. The summed E-state index contributed by atoms with van der Waals surface area (Å²) in [6.45, 7) is 5.02. The Labute approximate surface area is 131 Å². The van der Waals surface area contributed by atoms with Gasteiger partial charge in [0, 0.05) is 0 Å². The SMILES string of the molecule is CCC(COC(=O)CBr)CC(CC)COC(=O)CBr. The van der Waals surface area contributed by atoms with Gasteiger partial charge in [-0.15, -0.1) is 0 Å². The van der Waals surface area contributed by atoms with E-state index in [0.29, 0.717) is 25.0 Å². The highest BCUT2D eigenvalue weighted by molar-refractivity contribution is 9.09. The molecule has 19 heavy (non-hydrogen) atoms. The van der Waals surface area contributed by atoms with E-state index in [0.717, 1.165) is 19.3 Å². The minimum Gasteiger partial charge on any atom is -0.465 e. The number of hydrogen-bond donors (Lipinski definition) is 0. The maximum Gasteiger partial charge on any atom is 0.316 e. The molecule has 0 N–H and O–H groups in total. The molecule has 0 rings (SSSR count). The van der Waals surface area contributed by atoms with Crippen molar-refractivity contribution in [1.82, 2.24) is 0 Å². The van der Waals surface area contributed by atoms with Crippen molar-refractivity contribution in [2.24, 2.45) is 11.8 Å².